The molecule has 7 nitrogen and oxygen atoms in total. The Morgan fingerprint density at radius 2 is 1.54 bits per heavy atom. The predicted octanol–water partition coefficient (Wildman–Crippen LogP) is 6.22. The van der Waals surface area contributed by atoms with Crippen molar-refractivity contribution in [3.63, 3.8) is 0 Å². The van der Waals surface area contributed by atoms with E-state index in [0.29, 0.717) is 12.1 Å². The van der Waals surface area contributed by atoms with E-state index in [9.17, 15) is 22.4 Å². The molecule has 0 spiro atoms. The van der Waals surface area contributed by atoms with Crippen molar-refractivity contribution in [2.24, 2.45) is 5.92 Å². The Morgan fingerprint density at radius 3 is 2.07 bits per heavy atom. The quantitative estimate of drug-likeness (QED) is 0.260. The Morgan fingerprint density at radius 1 is 0.951 bits per heavy atom. The molecule has 3 aromatic carbocycles. The summed E-state index contributed by atoms with van der Waals surface area (Å²) in [5.41, 5.74) is 1.53. The summed E-state index contributed by atoms with van der Waals surface area (Å²) in [6.07, 6.45) is 0.268. The average Bonchev–Trinajstić information content (AvgIpc) is 2.91. The summed E-state index contributed by atoms with van der Waals surface area (Å²) in [6, 6.07) is 15.2. The Labute approximate surface area is 251 Å². The second kappa shape index (κ2) is 14.2. The van der Waals surface area contributed by atoms with Crippen LogP contribution in [0.2, 0.25) is 10.0 Å². The molecule has 0 saturated heterocycles. The smallest absolute Gasteiger partial charge is 0.264 e. The number of anilines is 1. The molecule has 0 aliphatic heterocycles. The van der Waals surface area contributed by atoms with E-state index in [4.69, 9.17) is 23.2 Å². The van der Waals surface area contributed by atoms with Crippen molar-refractivity contribution in [3.05, 3.63) is 93.7 Å². The fourth-order valence-electron chi connectivity index (χ4n) is 4.18. The molecular formula is C30H34Cl2FN3O4S. The maximum atomic E-state index is 14.0. The number of nitrogens with zero attached hydrogens (tertiary/aromatic N) is 2. The van der Waals surface area contributed by atoms with Crippen LogP contribution in [-0.4, -0.2) is 44.3 Å². The molecule has 0 radical (unpaired) electrons. The first-order valence-corrected chi connectivity index (χ1v) is 15.4. The number of rotatable bonds is 12. The lowest BCUT2D eigenvalue weighted by atomic mass is 10.1. The van der Waals surface area contributed by atoms with Gasteiger partial charge in [0.25, 0.3) is 10.0 Å². The van der Waals surface area contributed by atoms with Crippen LogP contribution in [0.1, 0.15) is 38.3 Å². The van der Waals surface area contributed by atoms with Gasteiger partial charge in [0, 0.05) is 23.1 Å². The summed E-state index contributed by atoms with van der Waals surface area (Å²) in [6.45, 7) is 7.23. The average molecular weight is 623 g/mol. The number of aryl methyl sites for hydroxylation is 1. The van der Waals surface area contributed by atoms with E-state index in [0.717, 1.165) is 9.87 Å². The molecule has 3 aromatic rings. The number of carbonyl (C=O) groups is 2. The molecule has 1 N–H and O–H groups in total. The first kappa shape index (κ1) is 32.4. The van der Waals surface area contributed by atoms with E-state index in [2.05, 4.69) is 5.32 Å². The van der Waals surface area contributed by atoms with Crippen LogP contribution in [0.4, 0.5) is 10.1 Å². The van der Waals surface area contributed by atoms with Gasteiger partial charge in [-0.1, -0.05) is 73.8 Å². The molecule has 2 amide bonds. The van der Waals surface area contributed by atoms with Gasteiger partial charge >= 0.3 is 0 Å². The van der Waals surface area contributed by atoms with Crippen molar-refractivity contribution in [2.45, 2.75) is 51.6 Å². The zero-order chi connectivity index (χ0) is 30.3. The summed E-state index contributed by atoms with van der Waals surface area (Å²) < 4.78 is 42.4. The molecule has 0 saturated carbocycles. The van der Waals surface area contributed by atoms with Gasteiger partial charge in [-0.05, 0) is 67.3 Å². The number of benzene rings is 3. The zero-order valence-corrected chi connectivity index (χ0v) is 25.7. The standard InChI is InChI=1S/C30H34Cl2FN3O4S/c1-5-28(30(38)34-17-20(2)3)35(18-22-8-10-25(33)11-9-22)29(37)19-36(26-15-23(31)14-24(32)16-26)41(39,40)27-12-6-21(4)7-13-27/h6-16,20,28H,5,17-19H2,1-4H3,(H,34,38)/t28-/m1/s1. The van der Waals surface area contributed by atoms with Crippen molar-refractivity contribution >= 4 is 50.7 Å². The van der Waals surface area contributed by atoms with Crippen molar-refractivity contribution in [2.75, 3.05) is 17.4 Å². The van der Waals surface area contributed by atoms with Crippen molar-refractivity contribution < 1.29 is 22.4 Å². The van der Waals surface area contributed by atoms with Crippen LogP contribution in [0.15, 0.2) is 71.6 Å². The fraction of sp³-hybridized carbons (Fsp3) is 0.333. The number of halogens is 3. The van der Waals surface area contributed by atoms with Crippen LogP contribution in [0.3, 0.4) is 0 Å². The summed E-state index contributed by atoms with van der Waals surface area (Å²) in [7, 11) is -4.27. The highest BCUT2D eigenvalue weighted by atomic mass is 35.5. The number of hydrogen-bond acceptors (Lipinski definition) is 4. The summed E-state index contributed by atoms with van der Waals surface area (Å²) in [4.78, 5) is 28.6. The first-order valence-electron chi connectivity index (χ1n) is 13.2. The molecule has 11 heteroatoms. The highest BCUT2D eigenvalue weighted by Gasteiger charge is 2.34. The largest absolute Gasteiger partial charge is 0.354 e. The van der Waals surface area contributed by atoms with Gasteiger partial charge in [-0.15, -0.1) is 0 Å². The van der Waals surface area contributed by atoms with E-state index >= 15 is 0 Å². The minimum absolute atomic E-state index is 0.0289. The fourth-order valence-corrected chi connectivity index (χ4v) is 6.09. The minimum Gasteiger partial charge on any atom is -0.354 e. The lowest BCUT2D eigenvalue weighted by Crippen LogP contribution is -2.52. The van der Waals surface area contributed by atoms with E-state index in [1.807, 2.05) is 20.8 Å². The lowest BCUT2D eigenvalue weighted by molar-refractivity contribution is -0.140. The molecule has 0 aromatic heterocycles. The van der Waals surface area contributed by atoms with E-state index in [1.54, 1.807) is 19.1 Å². The molecule has 0 bridgehead atoms. The second-order valence-corrected chi connectivity index (χ2v) is 12.9. The molecule has 1 atom stereocenters. The lowest BCUT2D eigenvalue weighted by Gasteiger charge is -2.33. The highest BCUT2D eigenvalue weighted by molar-refractivity contribution is 7.92. The van der Waals surface area contributed by atoms with E-state index in [1.165, 1.54) is 59.5 Å². The SMILES string of the molecule is CC[C@H](C(=O)NCC(C)C)N(Cc1ccc(F)cc1)C(=O)CN(c1cc(Cl)cc(Cl)c1)S(=O)(=O)c1ccc(C)cc1. The third-order valence-corrected chi connectivity index (χ3v) is 8.58. The highest BCUT2D eigenvalue weighted by Crippen LogP contribution is 2.30. The first-order chi connectivity index (χ1) is 19.3. The van der Waals surface area contributed by atoms with Gasteiger partial charge < -0.3 is 10.2 Å². The second-order valence-electron chi connectivity index (χ2n) is 10.2. The number of amides is 2. The molecule has 3 rings (SSSR count). The Balaban J connectivity index is 2.07. The molecule has 0 heterocycles. The van der Waals surface area contributed by atoms with Gasteiger partial charge in [-0.2, -0.15) is 0 Å². The Kier molecular flexibility index (Phi) is 11.2. The summed E-state index contributed by atoms with van der Waals surface area (Å²) >= 11 is 12.4. The normalized spacial score (nSPS) is 12.2. The number of carbonyl (C=O) groups excluding carboxylic acids is 2. The predicted molar refractivity (Wildman–Crippen MR) is 161 cm³/mol. The van der Waals surface area contributed by atoms with Crippen LogP contribution in [0, 0.1) is 18.7 Å². The Hall–Kier alpha value is -3.14. The maximum Gasteiger partial charge on any atom is 0.264 e. The van der Waals surface area contributed by atoms with Crippen LogP contribution in [0.5, 0.6) is 0 Å². The van der Waals surface area contributed by atoms with Crippen molar-refractivity contribution in [3.8, 4) is 0 Å². The van der Waals surface area contributed by atoms with Crippen molar-refractivity contribution in [1.82, 2.24) is 10.2 Å². The van der Waals surface area contributed by atoms with E-state index < -0.39 is 34.3 Å². The van der Waals surface area contributed by atoms with Crippen molar-refractivity contribution in [1.29, 1.82) is 0 Å². The van der Waals surface area contributed by atoms with Gasteiger partial charge in [-0.25, -0.2) is 12.8 Å². The molecule has 220 valence electrons. The minimum atomic E-state index is -4.27. The summed E-state index contributed by atoms with van der Waals surface area (Å²) in [5, 5.41) is 3.24. The number of nitrogens with one attached hydrogen (secondary N) is 1. The molecule has 0 aliphatic rings. The number of sulfonamides is 1. The van der Waals surface area contributed by atoms with Crippen LogP contribution in [-0.2, 0) is 26.2 Å². The molecule has 0 aliphatic carbocycles. The van der Waals surface area contributed by atoms with Gasteiger partial charge in [0.05, 0.1) is 10.6 Å². The maximum absolute atomic E-state index is 14.0. The van der Waals surface area contributed by atoms with Crippen LogP contribution >= 0.6 is 23.2 Å². The zero-order valence-electron chi connectivity index (χ0n) is 23.4. The van der Waals surface area contributed by atoms with Gasteiger partial charge in [0.2, 0.25) is 11.8 Å². The third kappa shape index (κ3) is 8.67. The van der Waals surface area contributed by atoms with Gasteiger partial charge in [-0.3, -0.25) is 13.9 Å². The topological polar surface area (TPSA) is 86.8 Å². The molecule has 41 heavy (non-hydrogen) atoms. The Bertz CT molecular complexity index is 1450. The molecule has 0 unspecified atom stereocenters. The third-order valence-electron chi connectivity index (χ3n) is 6.36. The number of hydrogen-bond donors (Lipinski definition) is 1. The van der Waals surface area contributed by atoms with E-state index in [-0.39, 0.29) is 45.4 Å². The van der Waals surface area contributed by atoms with Crippen LogP contribution < -0.4 is 9.62 Å². The molecular weight excluding hydrogens is 588 g/mol. The molecule has 0 fully saturated rings. The van der Waals surface area contributed by atoms with Gasteiger partial charge in [0.1, 0.15) is 18.4 Å². The monoisotopic (exact) mass is 621 g/mol. The van der Waals surface area contributed by atoms with Gasteiger partial charge in [0.15, 0.2) is 0 Å². The van der Waals surface area contributed by atoms with Crippen LogP contribution in [0.25, 0.3) is 0 Å². The summed E-state index contributed by atoms with van der Waals surface area (Å²) in [5.74, 6) is -1.26.